The van der Waals surface area contributed by atoms with Crippen molar-refractivity contribution in [3.05, 3.63) is 0 Å². The number of thiol groups is 1. The molecule has 0 heterocycles. The summed E-state index contributed by atoms with van der Waals surface area (Å²) in [6.45, 7) is 7.02. The summed E-state index contributed by atoms with van der Waals surface area (Å²) in [5.41, 5.74) is 0. The Bertz CT molecular complexity index is 195. The van der Waals surface area contributed by atoms with Gasteiger partial charge in [0.1, 0.15) is 0 Å². The Labute approximate surface area is 99.0 Å². The Hall–Kier alpha value is -0.220. The van der Waals surface area contributed by atoms with Crippen LogP contribution in [0.4, 0.5) is 0 Å². The number of nitrogens with zero attached hydrogens (tertiary/aromatic N) is 1. The van der Waals surface area contributed by atoms with Gasteiger partial charge in [0.2, 0.25) is 5.91 Å². The third-order valence-electron chi connectivity index (χ3n) is 2.30. The number of hydrogen-bond acceptors (Lipinski definition) is 3. The van der Waals surface area contributed by atoms with E-state index in [0.29, 0.717) is 0 Å². The SMILES string of the molecule is CC(CCN(C)C)NC(=O)C(S)C(C)C. The van der Waals surface area contributed by atoms with Gasteiger partial charge in [-0.3, -0.25) is 4.79 Å². The second-order valence-corrected chi connectivity index (χ2v) is 5.25. The van der Waals surface area contributed by atoms with Crippen LogP contribution in [0, 0.1) is 5.92 Å². The zero-order chi connectivity index (χ0) is 12.0. The van der Waals surface area contributed by atoms with E-state index in [1.54, 1.807) is 0 Å². The van der Waals surface area contributed by atoms with Crippen molar-refractivity contribution in [2.24, 2.45) is 5.92 Å². The van der Waals surface area contributed by atoms with E-state index in [-0.39, 0.29) is 23.1 Å². The average molecular weight is 232 g/mol. The maximum Gasteiger partial charge on any atom is 0.233 e. The molecule has 0 fully saturated rings. The van der Waals surface area contributed by atoms with Crippen molar-refractivity contribution in [2.45, 2.75) is 38.5 Å². The van der Waals surface area contributed by atoms with Gasteiger partial charge in [-0.05, 0) is 39.9 Å². The first-order chi connectivity index (χ1) is 6.84. The predicted molar refractivity (Wildman–Crippen MR) is 68.4 cm³/mol. The predicted octanol–water partition coefficient (Wildman–Crippen LogP) is 1.40. The summed E-state index contributed by atoms with van der Waals surface area (Å²) < 4.78 is 0. The largest absolute Gasteiger partial charge is 0.353 e. The molecule has 90 valence electrons. The summed E-state index contributed by atoms with van der Waals surface area (Å²) in [7, 11) is 4.06. The van der Waals surface area contributed by atoms with Crippen molar-refractivity contribution in [1.82, 2.24) is 10.2 Å². The molecule has 0 saturated carbocycles. The molecule has 0 aliphatic carbocycles. The fourth-order valence-electron chi connectivity index (χ4n) is 1.15. The lowest BCUT2D eigenvalue weighted by atomic mass is 10.1. The topological polar surface area (TPSA) is 32.3 Å². The smallest absolute Gasteiger partial charge is 0.233 e. The third kappa shape index (κ3) is 6.79. The molecule has 15 heavy (non-hydrogen) atoms. The number of nitrogens with one attached hydrogen (secondary N) is 1. The Kier molecular flexibility index (Phi) is 7.02. The van der Waals surface area contributed by atoms with Gasteiger partial charge in [0.15, 0.2) is 0 Å². The maximum atomic E-state index is 11.6. The molecular weight excluding hydrogens is 208 g/mol. The highest BCUT2D eigenvalue weighted by Gasteiger charge is 2.18. The van der Waals surface area contributed by atoms with Crippen LogP contribution in [0.25, 0.3) is 0 Å². The lowest BCUT2D eigenvalue weighted by Gasteiger charge is -2.20. The molecule has 0 saturated heterocycles. The minimum absolute atomic E-state index is 0.0413. The third-order valence-corrected chi connectivity index (χ3v) is 3.13. The molecule has 0 aromatic rings. The first kappa shape index (κ1) is 14.8. The summed E-state index contributed by atoms with van der Waals surface area (Å²) in [5.74, 6) is 0.314. The second kappa shape index (κ2) is 7.12. The zero-order valence-electron chi connectivity index (χ0n) is 10.4. The minimum Gasteiger partial charge on any atom is -0.353 e. The van der Waals surface area contributed by atoms with Crippen LogP contribution in [-0.2, 0) is 4.79 Å². The van der Waals surface area contributed by atoms with E-state index in [1.807, 2.05) is 34.9 Å². The van der Waals surface area contributed by atoms with Crippen LogP contribution in [0.15, 0.2) is 0 Å². The molecule has 0 bridgehead atoms. The van der Waals surface area contributed by atoms with Gasteiger partial charge >= 0.3 is 0 Å². The normalized spacial score (nSPS) is 15.5. The molecule has 2 unspecified atom stereocenters. The average Bonchev–Trinajstić information content (AvgIpc) is 2.13. The molecule has 1 amide bonds. The van der Waals surface area contributed by atoms with E-state index < -0.39 is 0 Å². The highest BCUT2D eigenvalue weighted by molar-refractivity contribution is 7.81. The summed E-state index contributed by atoms with van der Waals surface area (Å²) in [6, 6.07) is 0.216. The molecular formula is C11H24N2OS. The molecule has 3 nitrogen and oxygen atoms in total. The Morgan fingerprint density at radius 3 is 2.27 bits per heavy atom. The number of carbonyl (C=O) groups excluding carboxylic acids is 1. The fourth-order valence-corrected chi connectivity index (χ4v) is 1.23. The number of rotatable bonds is 6. The molecule has 0 aromatic heterocycles. The molecule has 0 spiro atoms. The molecule has 0 rings (SSSR count). The molecule has 0 radical (unpaired) electrons. The van der Waals surface area contributed by atoms with E-state index in [9.17, 15) is 4.79 Å². The van der Waals surface area contributed by atoms with Crippen molar-refractivity contribution in [1.29, 1.82) is 0 Å². The van der Waals surface area contributed by atoms with Crippen LogP contribution < -0.4 is 5.32 Å². The van der Waals surface area contributed by atoms with Crippen LogP contribution in [-0.4, -0.2) is 42.7 Å². The number of carbonyl (C=O) groups is 1. The van der Waals surface area contributed by atoms with Crippen molar-refractivity contribution < 1.29 is 4.79 Å². The van der Waals surface area contributed by atoms with Gasteiger partial charge in [0.05, 0.1) is 5.25 Å². The van der Waals surface area contributed by atoms with Gasteiger partial charge in [0, 0.05) is 6.04 Å². The van der Waals surface area contributed by atoms with Crippen molar-refractivity contribution in [2.75, 3.05) is 20.6 Å². The molecule has 1 N–H and O–H groups in total. The summed E-state index contributed by atoms with van der Waals surface area (Å²) >= 11 is 4.28. The van der Waals surface area contributed by atoms with E-state index >= 15 is 0 Å². The highest BCUT2D eigenvalue weighted by Crippen LogP contribution is 2.09. The van der Waals surface area contributed by atoms with Crippen molar-refractivity contribution in [3.63, 3.8) is 0 Å². The molecule has 4 heteroatoms. The Balaban J connectivity index is 3.85. The van der Waals surface area contributed by atoms with E-state index in [0.717, 1.165) is 13.0 Å². The lowest BCUT2D eigenvalue weighted by molar-refractivity contribution is -0.121. The zero-order valence-corrected chi connectivity index (χ0v) is 11.3. The summed E-state index contributed by atoms with van der Waals surface area (Å²) in [5, 5.41) is 2.77. The van der Waals surface area contributed by atoms with Crippen LogP contribution in [0.3, 0.4) is 0 Å². The first-order valence-corrected chi connectivity index (χ1v) is 5.99. The number of hydrogen-bond donors (Lipinski definition) is 2. The highest BCUT2D eigenvalue weighted by atomic mass is 32.1. The van der Waals surface area contributed by atoms with Crippen LogP contribution in [0.1, 0.15) is 27.2 Å². The number of amides is 1. The van der Waals surface area contributed by atoms with Crippen LogP contribution in [0.5, 0.6) is 0 Å². The monoisotopic (exact) mass is 232 g/mol. The van der Waals surface area contributed by atoms with Gasteiger partial charge in [-0.15, -0.1) is 0 Å². The standard InChI is InChI=1S/C11H24N2OS/c1-8(2)10(15)11(14)12-9(3)6-7-13(4)5/h8-10,15H,6-7H2,1-5H3,(H,12,14). The van der Waals surface area contributed by atoms with Crippen molar-refractivity contribution in [3.8, 4) is 0 Å². The van der Waals surface area contributed by atoms with Gasteiger partial charge in [-0.25, -0.2) is 0 Å². The summed E-state index contributed by atoms with van der Waals surface area (Å²) in [4.78, 5) is 13.8. The Morgan fingerprint density at radius 2 is 1.87 bits per heavy atom. The van der Waals surface area contributed by atoms with E-state index in [2.05, 4.69) is 22.8 Å². The lowest BCUT2D eigenvalue weighted by Crippen LogP contribution is -2.40. The molecule has 2 atom stereocenters. The van der Waals surface area contributed by atoms with Gasteiger partial charge < -0.3 is 10.2 Å². The molecule has 0 aliphatic heterocycles. The van der Waals surface area contributed by atoms with Gasteiger partial charge in [-0.1, -0.05) is 13.8 Å². The van der Waals surface area contributed by atoms with Gasteiger partial charge in [-0.2, -0.15) is 12.6 Å². The van der Waals surface area contributed by atoms with Gasteiger partial charge in [0.25, 0.3) is 0 Å². The quantitative estimate of drug-likeness (QED) is 0.679. The fraction of sp³-hybridized carbons (Fsp3) is 0.909. The first-order valence-electron chi connectivity index (χ1n) is 5.47. The minimum atomic E-state index is -0.202. The van der Waals surface area contributed by atoms with E-state index in [4.69, 9.17) is 0 Å². The molecule has 0 aliphatic rings. The Morgan fingerprint density at radius 1 is 1.33 bits per heavy atom. The molecule has 0 aromatic carbocycles. The van der Waals surface area contributed by atoms with Crippen molar-refractivity contribution >= 4 is 18.5 Å². The summed E-state index contributed by atoms with van der Waals surface area (Å²) in [6.07, 6.45) is 0.970. The maximum absolute atomic E-state index is 11.6. The van der Waals surface area contributed by atoms with Crippen LogP contribution in [0.2, 0.25) is 0 Å². The van der Waals surface area contributed by atoms with Crippen LogP contribution >= 0.6 is 12.6 Å². The van der Waals surface area contributed by atoms with E-state index in [1.165, 1.54) is 0 Å². The second-order valence-electron chi connectivity index (χ2n) is 4.69.